The zero-order valence-corrected chi connectivity index (χ0v) is 11.2. The van der Waals surface area contributed by atoms with E-state index in [1.54, 1.807) is 13.0 Å². The third kappa shape index (κ3) is 4.29. The van der Waals surface area contributed by atoms with Gasteiger partial charge in [-0.05, 0) is 28.9 Å². The zero-order valence-electron chi connectivity index (χ0n) is 8.77. The number of nitrogens with one attached hydrogen (secondary N) is 1. The lowest BCUT2D eigenvalue weighted by molar-refractivity contribution is -0.130. The molecule has 0 bridgehead atoms. The highest BCUT2D eigenvalue weighted by molar-refractivity contribution is 9.10. The lowest BCUT2D eigenvalue weighted by atomic mass is 10.2. The van der Waals surface area contributed by atoms with Crippen LogP contribution in [0.4, 0.5) is 13.2 Å². The summed E-state index contributed by atoms with van der Waals surface area (Å²) in [6.07, 6.45) is -4.38. The topological polar surface area (TPSA) is 55.1 Å². The second-order valence-electron chi connectivity index (χ2n) is 3.38. The molecule has 1 atom stereocenters. The zero-order chi connectivity index (χ0) is 13.2. The second-order valence-corrected chi connectivity index (χ2v) is 5.53. The Morgan fingerprint density at radius 2 is 2.24 bits per heavy atom. The Balaban J connectivity index is 2.83. The Bertz CT molecular complexity index is 399. The number of amides is 1. The molecule has 1 aromatic heterocycles. The fourth-order valence-electron chi connectivity index (χ4n) is 1.18. The molecule has 3 nitrogen and oxygen atoms in total. The van der Waals surface area contributed by atoms with E-state index in [9.17, 15) is 18.0 Å². The molecule has 0 aliphatic carbocycles. The maximum atomic E-state index is 12.1. The van der Waals surface area contributed by atoms with Crippen LogP contribution in [-0.2, 0) is 4.79 Å². The number of thiophene rings is 1. The largest absolute Gasteiger partial charge is 0.401 e. The first-order valence-corrected chi connectivity index (χ1v) is 6.17. The normalized spacial score (nSPS) is 13.7. The highest BCUT2D eigenvalue weighted by Crippen LogP contribution is 2.31. The number of rotatable bonds is 4. The summed E-state index contributed by atoms with van der Waals surface area (Å²) < 4.78 is 36.9. The lowest BCUT2D eigenvalue weighted by Gasteiger charge is -2.15. The molecule has 0 saturated carbocycles. The van der Waals surface area contributed by atoms with Gasteiger partial charge in [0.15, 0.2) is 0 Å². The molecule has 8 heteroatoms. The summed E-state index contributed by atoms with van der Waals surface area (Å²) >= 11 is 4.46. The second kappa shape index (κ2) is 5.36. The van der Waals surface area contributed by atoms with Crippen molar-refractivity contribution in [3.8, 4) is 0 Å². The summed E-state index contributed by atoms with van der Waals surface area (Å²) in [6, 6.07) is 0.477. The van der Waals surface area contributed by atoms with Crippen LogP contribution < -0.4 is 11.1 Å². The molecule has 1 heterocycles. The molecular formula is C9H10BrF3N2OS. The van der Waals surface area contributed by atoms with Gasteiger partial charge in [-0.1, -0.05) is 0 Å². The van der Waals surface area contributed by atoms with Crippen molar-refractivity contribution in [1.82, 2.24) is 5.32 Å². The van der Waals surface area contributed by atoms with Gasteiger partial charge in [0.25, 0.3) is 0 Å². The molecule has 0 fully saturated rings. The Hall–Kier alpha value is -0.600. The summed E-state index contributed by atoms with van der Waals surface area (Å²) in [5.41, 5.74) is 5.08. The van der Waals surface area contributed by atoms with Crippen LogP contribution in [0.3, 0.4) is 0 Å². The Morgan fingerprint density at radius 1 is 1.65 bits per heavy atom. The predicted molar refractivity (Wildman–Crippen MR) is 62.7 cm³/mol. The number of carbonyl (C=O) groups is 1. The van der Waals surface area contributed by atoms with Crippen LogP contribution in [0.2, 0.25) is 0 Å². The number of alkyl halides is 3. The number of hydrogen-bond acceptors (Lipinski definition) is 3. The highest BCUT2D eigenvalue weighted by Gasteiger charge is 2.30. The van der Waals surface area contributed by atoms with Gasteiger partial charge in [0, 0.05) is 14.2 Å². The van der Waals surface area contributed by atoms with E-state index in [1.807, 2.05) is 0 Å². The summed E-state index contributed by atoms with van der Waals surface area (Å²) in [5.74, 6) is -0.831. The first-order valence-electron chi connectivity index (χ1n) is 4.56. The van der Waals surface area contributed by atoms with Gasteiger partial charge in [-0.2, -0.15) is 13.2 Å². The van der Waals surface area contributed by atoms with E-state index >= 15 is 0 Å². The minimum atomic E-state index is -4.38. The summed E-state index contributed by atoms with van der Waals surface area (Å²) in [5, 5.41) is 2.11. The van der Waals surface area contributed by atoms with Gasteiger partial charge in [-0.25, -0.2) is 0 Å². The smallest absolute Gasteiger partial charge is 0.368 e. The van der Waals surface area contributed by atoms with E-state index in [0.29, 0.717) is 4.88 Å². The minimum absolute atomic E-state index is 0.464. The minimum Gasteiger partial charge on any atom is -0.368 e. The summed E-state index contributed by atoms with van der Waals surface area (Å²) in [6.45, 7) is 0.537. The molecule has 0 aliphatic rings. The molecule has 0 spiro atoms. The predicted octanol–water partition coefficient (Wildman–Crippen LogP) is 2.50. The number of carbonyl (C=O) groups excluding carboxylic acids is 1. The van der Waals surface area contributed by atoms with Gasteiger partial charge in [0.05, 0.1) is 6.54 Å². The van der Waals surface area contributed by atoms with Gasteiger partial charge in [-0.3, -0.25) is 10.1 Å². The first kappa shape index (κ1) is 14.5. The molecule has 96 valence electrons. The molecule has 0 radical (unpaired) electrons. The SMILES string of the molecule is Cc1sc(C(NCC(F)(F)F)C(N)=O)cc1Br. The fraction of sp³-hybridized carbons (Fsp3) is 0.444. The van der Waals surface area contributed by atoms with E-state index in [-0.39, 0.29) is 0 Å². The molecule has 3 N–H and O–H groups in total. The fourth-order valence-corrected chi connectivity index (χ4v) is 2.83. The Kier molecular flexibility index (Phi) is 4.56. The average molecular weight is 331 g/mol. The molecule has 1 rings (SSSR count). The van der Waals surface area contributed by atoms with Crippen molar-refractivity contribution >= 4 is 33.2 Å². The van der Waals surface area contributed by atoms with Gasteiger partial charge >= 0.3 is 6.18 Å². The van der Waals surface area contributed by atoms with Crippen LogP contribution in [0, 0.1) is 6.92 Å². The van der Waals surface area contributed by atoms with Crippen molar-refractivity contribution < 1.29 is 18.0 Å². The number of hydrogen-bond donors (Lipinski definition) is 2. The van der Waals surface area contributed by atoms with Crippen LogP contribution in [-0.4, -0.2) is 18.6 Å². The maximum absolute atomic E-state index is 12.1. The molecule has 1 aromatic rings. The van der Waals surface area contributed by atoms with Crippen molar-refractivity contribution in [3.05, 3.63) is 20.3 Å². The average Bonchev–Trinajstić information content (AvgIpc) is 2.44. The molecular weight excluding hydrogens is 321 g/mol. The maximum Gasteiger partial charge on any atom is 0.401 e. The number of primary amides is 1. The summed E-state index contributed by atoms with van der Waals surface area (Å²) in [4.78, 5) is 12.5. The van der Waals surface area contributed by atoms with E-state index < -0.39 is 24.7 Å². The van der Waals surface area contributed by atoms with Crippen LogP contribution >= 0.6 is 27.3 Å². The first-order chi connectivity index (χ1) is 7.70. The van der Waals surface area contributed by atoms with Crippen LogP contribution in [0.15, 0.2) is 10.5 Å². The van der Waals surface area contributed by atoms with Crippen LogP contribution in [0.1, 0.15) is 15.8 Å². The highest BCUT2D eigenvalue weighted by atomic mass is 79.9. The molecule has 0 saturated heterocycles. The Labute approximate surface area is 108 Å². The molecule has 0 aromatic carbocycles. The van der Waals surface area contributed by atoms with E-state index in [4.69, 9.17) is 5.73 Å². The Morgan fingerprint density at radius 3 is 2.59 bits per heavy atom. The van der Waals surface area contributed by atoms with Gasteiger partial charge < -0.3 is 5.73 Å². The third-order valence-corrected chi connectivity index (χ3v) is 4.15. The van der Waals surface area contributed by atoms with Crippen molar-refractivity contribution in [1.29, 1.82) is 0 Å². The quantitative estimate of drug-likeness (QED) is 0.891. The molecule has 1 amide bonds. The van der Waals surface area contributed by atoms with Crippen molar-refractivity contribution in [3.63, 3.8) is 0 Å². The number of aryl methyl sites for hydroxylation is 1. The number of halogens is 4. The standard InChI is InChI=1S/C9H10BrF3N2OS/c1-4-5(10)2-6(17-4)7(8(14)16)15-3-9(11,12)13/h2,7,15H,3H2,1H3,(H2,14,16). The molecule has 0 aliphatic heterocycles. The van der Waals surface area contributed by atoms with Crippen molar-refractivity contribution in [2.75, 3.05) is 6.54 Å². The van der Waals surface area contributed by atoms with E-state index in [0.717, 1.165) is 9.35 Å². The molecule has 17 heavy (non-hydrogen) atoms. The van der Waals surface area contributed by atoms with Gasteiger partial charge in [0.1, 0.15) is 6.04 Å². The van der Waals surface area contributed by atoms with E-state index in [2.05, 4.69) is 21.2 Å². The van der Waals surface area contributed by atoms with Crippen molar-refractivity contribution in [2.45, 2.75) is 19.1 Å². The third-order valence-electron chi connectivity index (χ3n) is 1.95. The van der Waals surface area contributed by atoms with Gasteiger partial charge in [0.2, 0.25) is 5.91 Å². The molecule has 1 unspecified atom stereocenters. The van der Waals surface area contributed by atoms with Gasteiger partial charge in [-0.15, -0.1) is 11.3 Å². The van der Waals surface area contributed by atoms with Crippen LogP contribution in [0.25, 0.3) is 0 Å². The number of nitrogens with two attached hydrogens (primary N) is 1. The monoisotopic (exact) mass is 330 g/mol. The summed E-state index contributed by atoms with van der Waals surface area (Å²) in [7, 11) is 0. The van der Waals surface area contributed by atoms with Crippen molar-refractivity contribution in [2.24, 2.45) is 5.73 Å². The van der Waals surface area contributed by atoms with E-state index in [1.165, 1.54) is 11.3 Å². The van der Waals surface area contributed by atoms with Crippen LogP contribution in [0.5, 0.6) is 0 Å². The lowest BCUT2D eigenvalue weighted by Crippen LogP contribution is -2.38.